The van der Waals surface area contributed by atoms with Crippen LogP contribution < -0.4 is 14.2 Å². The van der Waals surface area contributed by atoms with Crippen molar-refractivity contribution in [2.75, 3.05) is 12.4 Å². The summed E-state index contributed by atoms with van der Waals surface area (Å²) >= 11 is 6.26. The van der Waals surface area contributed by atoms with Gasteiger partial charge < -0.3 is 14.2 Å². The van der Waals surface area contributed by atoms with Gasteiger partial charge in [-0.25, -0.2) is 0 Å². The highest BCUT2D eigenvalue weighted by Crippen LogP contribution is 2.39. The van der Waals surface area contributed by atoms with Gasteiger partial charge in [-0.2, -0.15) is 13.7 Å². The molecule has 0 aliphatic rings. The lowest BCUT2D eigenvalue weighted by molar-refractivity contribution is -0.384. The highest BCUT2D eigenvalue weighted by atomic mass is 35.5. The second kappa shape index (κ2) is 10.9. The van der Waals surface area contributed by atoms with E-state index in [1.54, 1.807) is 19.1 Å². The van der Waals surface area contributed by atoms with Crippen LogP contribution in [-0.2, 0) is 14.9 Å². The van der Waals surface area contributed by atoms with E-state index in [9.17, 15) is 28.6 Å². The standard InChI is InChI=1S/C24H18ClN3O7S/c1-15-8-9-18(28(30)31)13-21(15)27-24(29)17(14-26)10-16-11-20(25)23(22(12-16)34-2)35-36(32,33)19-6-4-3-5-7-19/h3-13H,1-2H3,(H,27,29)/b17-10+. The molecule has 0 heterocycles. The highest BCUT2D eigenvalue weighted by Gasteiger charge is 2.22. The molecule has 3 rings (SSSR count). The van der Waals surface area contributed by atoms with Crippen LogP contribution in [0.5, 0.6) is 11.5 Å². The van der Waals surface area contributed by atoms with E-state index in [1.807, 2.05) is 0 Å². The molecule has 0 saturated carbocycles. The summed E-state index contributed by atoms with van der Waals surface area (Å²) in [4.78, 5) is 23.0. The molecule has 0 saturated heterocycles. The van der Waals surface area contributed by atoms with E-state index in [1.165, 1.54) is 67.8 Å². The number of amides is 1. The number of nitrogens with one attached hydrogen (secondary N) is 1. The van der Waals surface area contributed by atoms with Gasteiger partial charge in [0.05, 0.1) is 22.7 Å². The Morgan fingerprint density at radius 1 is 1.17 bits per heavy atom. The third-order valence-electron chi connectivity index (χ3n) is 4.83. The average molecular weight is 528 g/mol. The van der Waals surface area contributed by atoms with Gasteiger partial charge in [0.25, 0.3) is 11.6 Å². The normalized spacial score (nSPS) is 11.3. The van der Waals surface area contributed by atoms with E-state index in [0.717, 1.165) is 0 Å². The minimum absolute atomic E-state index is 0.0551. The minimum atomic E-state index is -4.22. The van der Waals surface area contributed by atoms with Crippen LogP contribution in [0.2, 0.25) is 5.02 Å². The fourth-order valence-corrected chi connectivity index (χ4v) is 4.29. The zero-order chi connectivity index (χ0) is 26.5. The summed E-state index contributed by atoms with van der Waals surface area (Å²) in [5.74, 6) is -1.14. The predicted octanol–water partition coefficient (Wildman–Crippen LogP) is 4.88. The van der Waals surface area contributed by atoms with Gasteiger partial charge in [-0.1, -0.05) is 35.9 Å². The van der Waals surface area contributed by atoms with Gasteiger partial charge in [0.1, 0.15) is 16.5 Å². The Balaban J connectivity index is 1.92. The summed E-state index contributed by atoms with van der Waals surface area (Å²) in [6, 6.07) is 15.8. The number of nitro benzene ring substituents is 1. The number of halogens is 1. The van der Waals surface area contributed by atoms with E-state index < -0.39 is 20.9 Å². The van der Waals surface area contributed by atoms with Crippen molar-refractivity contribution >= 4 is 45.1 Å². The zero-order valence-electron chi connectivity index (χ0n) is 18.9. The molecule has 0 fully saturated rings. The fraction of sp³-hybridized carbons (Fsp3) is 0.0833. The summed E-state index contributed by atoms with van der Waals surface area (Å²) in [6.45, 7) is 1.64. The monoisotopic (exact) mass is 527 g/mol. The molecule has 0 aliphatic heterocycles. The number of benzene rings is 3. The summed E-state index contributed by atoms with van der Waals surface area (Å²) in [6.07, 6.45) is 1.20. The lowest BCUT2D eigenvalue weighted by Gasteiger charge is -2.13. The smallest absolute Gasteiger partial charge is 0.339 e. The SMILES string of the molecule is COc1cc(/C=C(\C#N)C(=O)Nc2cc([N+](=O)[O-])ccc2C)cc(Cl)c1OS(=O)(=O)c1ccccc1. The van der Waals surface area contributed by atoms with Crippen LogP contribution in [0.15, 0.2) is 71.1 Å². The van der Waals surface area contributed by atoms with Crippen molar-refractivity contribution in [3.63, 3.8) is 0 Å². The Hall–Kier alpha value is -4.40. The lowest BCUT2D eigenvalue weighted by Crippen LogP contribution is -2.14. The van der Waals surface area contributed by atoms with Crippen molar-refractivity contribution in [3.8, 4) is 17.6 Å². The van der Waals surface area contributed by atoms with Gasteiger partial charge in [-0.3, -0.25) is 14.9 Å². The number of rotatable bonds is 8. The van der Waals surface area contributed by atoms with Gasteiger partial charge in [0.15, 0.2) is 5.75 Å². The molecule has 36 heavy (non-hydrogen) atoms. The number of nitriles is 1. The largest absolute Gasteiger partial charge is 0.493 e. The quantitative estimate of drug-likeness (QED) is 0.143. The molecule has 0 spiro atoms. The van der Waals surface area contributed by atoms with E-state index in [-0.39, 0.29) is 43.9 Å². The molecule has 1 amide bonds. The maximum Gasteiger partial charge on any atom is 0.339 e. The number of hydrogen-bond donors (Lipinski definition) is 1. The minimum Gasteiger partial charge on any atom is -0.493 e. The first-order chi connectivity index (χ1) is 17.1. The Morgan fingerprint density at radius 2 is 1.86 bits per heavy atom. The fourth-order valence-electron chi connectivity index (χ4n) is 3.01. The number of non-ortho nitro benzene ring substituents is 1. The van der Waals surface area contributed by atoms with Crippen molar-refractivity contribution in [2.24, 2.45) is 0 Å². The Bertz CT molecular complexity index is 1510. The van der Waals surface area contributed by atoms with E-state index >= 15 is 0 Å². The molecule has 0 bridgehead atoms. The topological polar surface area (TPSA) is 149 Å². The summed E-state index contributed by atoms with van der Waals surface area (Å²) in [5.41, 5.74) is 0.391. The second-order valence-corrected chi connectivity index (χ2v) is 9.22. The number of carbonyl (C=O) groups excluding carboxylic acids is 1. The van der Waals surface area contributed by atoms with Crippen LogP contribution in [-0.4, -0.2) is 26.4 Å². The molecule has 1 N–H and O–H groups in total. The molecule has 0 atom stereocenters. The van der Waals surface area contributed by atoms with E-state index in [0.29, 0.717) is 5.56 Å². The predicted molar refractivity (Wildman–Crippen MR) is 132 cm³/mol. The van der Waals surface area contributed by atoms with Crippen LogP contribution in [0.1, 0.15) is 11.1 Å². The summed E-state index contributed by atoms with van der Waals surface area (Å²) in [7, 11) is -2.95. The molecular formula is C24H18ClN3O7S. The molecule has 3 aromatic carbocycles. The first kappa shape index (κ1) is 26.2. The molecule has 0 unspecified atom stereocenters. The zero-order valence-corrected chi connectivity index (χ0v) is 20.5. The first-order valence-electron chi connectivity index (χ1n) is 10.1. The third kappa shape index (κ3) is 5.99. The summed E-state index contributed by atoms with van der Waals surface area (Å²) < 4.78 is 35.6. The number of hydrogen-bond acceptors (Lipinski definition) is 8. The van der Waals surface area contributed by atoms with Crippen LogP contribution in [0.25, 0.3) is 6.08 Å². The molecule has 0 aliphatic carbocycles. The summed E-state index contributed by atoms with van der Waals surface area (Å²) in [5, 5.41) is 22.9. The van der Waals surface area contributed by atoms with Crippen LogP contribution >= 0.6 is 11.6 Å². The number of carbonyl (C=O) groups is 1. The maximum absolute atomic E-state index is 12.7. The van der Waals surface area contributed by atoms with Crippen molar-refractivity contribution in [3.05, 3.63) is 92.5 Å². The van der Waals surface area contributed by atoms with Crippen LogP contribution in [0, 0.1) is 28.4 Å². The van der Waals surface area contributed by atoms with Gasteiger partial charge >= 0.3 is 10.1 Å². The van der Waals surface area contributed by atoms with Gasteiger partial charge in [0, 0.05) is 12.1 Å². The number of ether oxygens (including phenoxy) is 1. The van der Waals surface area contributed by atoms with Crippen LogP contribution in [0.3, 0.4) is 0 Å². The number of anilines is 1. The van der Waals surface area contributed by atoms with E-state index in [2.05, 4.69) is 5.32 Å². The molecule has 0 aromatic heterocycles. The molecular weight excluding hydrogens is 510 g/mol. The van der Waals surface area contributed by atoms with Crippen LogP contribution in [0.4, 0.5) is 11.4 Å². The first-order valence-corrected chi connectivity index (χ1v) is 11.9. The van der Waals surface area contributed by atoms with Crippen molar-refractivity contribution < 1.29 is 27.1 Å². The molecule has 0 radical (unpaired) electrons. The second-order valence-electron chi connectivity index (χ2n) is 7.26. The number of methoxy groups -OCH3 is 1. The Kier molecular flexibility index (Phi) is 7.93. The van der Waals surface area contributed by atoms with Gasteiger partial charge in [0.2, 0.25) is 5.75 Å². The third-order valence-corrected chi connectivity index (χ3v) is 6.35. The van der Waals surface area contributed by atoms with E-state index in [4.69, 9.17) is 20.5 Å². The highest BCUT2D eigenvalue weighted by molar-refractivity contribution is 7.87. The number of nitro groups is 1. The van der Waals surface area contributed by atoms with Crippen molar-refractivity contribution in [1.82, 2.24) is 0 Å². The van der Waals surface area contributed by atoms with Gasteiger partial charge in [-0.05, 0) is 48.4 Å². The average Bonchev–Trinajstić information content (AvgIpc) is 2.85. The van der Waals surface area contributed by atoms with Gasteiger partial charge in [-0.15, -0.1) is 0 Å². The lowest BCUT2D eigenvalue weighted by atomic mass is 10.1. The van der Waals surface area contributed by atoms with Crippen molar-refractivity contribution in [2.45, 2.75) is 11.8 Å². The van der Waals surface area contributed by atoms with Crippen molar-refractivity contribution in [1.29, 1.82) is 5.26 Å². The molecule has 12 heteroatoms. The number of nitrogens with zero attached hydrogens (tertiary/aromatic N) is 2. The molecule has 3 aromatic rings. The molecule has 10 nitrogen and oxygen atoms in total. The molecule has 184 valence electrons. The Labute approximate surface area is 211 Å². The maximum atomic E-state index is 12.7. The number of aryl methyl sites for hydroxylation is 1. The Morgan fingerprint density at radius 3 is 2.47 bits per heavy atom.